The van der Waals surface area contributed by atoms with E-state index in [-0.39, 0.29) is 5.82 Å². The number of aromatic nitrogens is 4. The summed E-state index contributed by atoms with van der Waals surface area (Å²) in [4.78, 5) is 4.18. The number of rotatable bonds is 1. The maximum atomic E-state index is 12.8. The van der Waals surface area contributed by atoms with Crippen molar-refractivity contribution in [2.75, 3.05) is 0 Å². The zero-order valence-electron chi connectivity index (χ0n) is 8.21. The zero-order valence-corrected chi connectivity index (χ0v) is 8.21. The second-order valence-electron chi connectivity index (χ2n) is 3.32. The molecule has 3 aromatic rings. The van der Waals surface area contributed by atoms with E-state index in [1.54, 1.807) is 29.1 Å². The van der Waals surface area contributed by atoms with Gasteiger partial charge in [-0.05, 0) is 36.4 Å². The molecular formula is C11H7FN4. The van der Waals surface area contributed by atoms with E-state index in [0.717, 1.165) is 5.69 Å². The molecule has 0 unspecified atom stereocenters. The van der Waals surface area contributed by atoms with Crippen LogP contribution in [-0.2, 0) is 0 Å². The Morgan fingerprint density at radius 3 is 2.69 bits per heavy atom. The smallest absolute Gasteiger partial charge is 0.183 e. The van der Waals surface area contributed by atoms with Crippen LogP contribution in [0.15, 0.2) is 42.6 Å². The van der Waals surface area contributed by atoms with Crippen LogP contribution in [0.3, 0.4) is 0 Å². The molecule has 4 nitrogen and oxygen atoms in total. The molecule has 0 aliphatic heterocycles. The fourth-order valence-corrected chi connectivity index (χ4v) is 1.52. The minimum Gasteiger partial charge on any atom is -0.235 e. The molecule has 0 aliphatic rings. The van der Waals surface area contributed by atoms with Crippen LogP contribution in [0.4, 0.5) is 4.39 Å². The number of halogens is 1. The first-order chi connectivity index (χ1) is 7.84. The highest BCUT2D eigenvalue weighted by Gasteiger charge is 2.06. The molecule has 78 valence electrons. The highest BCUT2D eigenvalue weighted by molar-refractivity contribution is 5.71. The SMILES string of the molecule is Fc1ccc(-n2nnc3cccnc32)cc1. The van der Waals surface area contributed by atoms with E-state index in [1.807, 2.05) is 6.07 Å². The molecule has 0 spiro atoms. The molecular weight excluding hydrogens is 207 g/mol. The molecule has 0 amide bonds. The van der Waals surface area contributed by atoms with Crippen molar-refractivity contribution in [3.8, 4) is 5.69 Å². The zero-order chi connectivity index (χ0) is 11.0. The molecule has 2 heterocycles. The fourth-order valence-electron chi connectivity index (χ4n) is 1.52. The predicted octanol–water partition coefficient (Wildman–Crippen LogP) is 1.95. The summed E-state index contributed by atoms with van der Waals surface area (Å²) in [6.45, 7) is 0. The van der Waals surface area contributed by atoms with Gasteiger partial charge in [-0.15, -0.1) is 5.10 Å². The molecule has 1 aromatic carbocycles. The van der Waals surface area contributed by atoms with Crippen molar-refractivity contribution in [2.45, 2.75) is 0 Å². The Morgan fingerprint density at radius 1 is 1.06 bits per heavy atom. The van der Waals surface area contributed by atoms with Gasteiger partial charge in [-0.25, -0.2) is 9.37 Å². The van der Waals surface area contributed by atoms with E-state index in [4.69, 9.17) is 0 Å². The quantitative estimate of drug-likeness (QED) is 0.621. The summed E-state index contributed by atoms with van der Waals surface area (Å²) in [6, 6.07) is 9.66. The fraction of sp³-hybridized carbons (Fsp3) is 0. The third kappa shape index (κ3) is 1.33. The molecule has 16 heavy (non-hydrogen) atoms. The van der Waals surface area contributed by atoms with Gasteiger partial charge in [-0.1, -0.05) is 5.21 Å². The van der Waals surface area contributed by atoms with Gasteiger partial charge < -0.3 is 0 Å². The Morgan fingerprint density at radius 2 is 1.88 bits per heavy atom. The second kappa shape index (κ2) is 3.37. The first-order valence-corrected chi connectivity index (χ1v) is 4.77. The summed E-state index contributed by atoms with van der Waals surface area (Å²) < 4.78 is 14.4. The summed E-state index contributed by atoms with van der Waals surface area (Å²) in [5.74, 6) is -0.277. The van der Waals surface area contributed by atoms with Crippen LogP contribution in [0.25, 0.3) is 16.9 Å². The Kier molecular flexibility index (Phi) is 1.89. The van der Waals surface area contributed by atoms with Crippen LogP contribution in [0, 0.1) is 5.82 Å². The molecule has 0 radical (unpaired) electrons. The maximum Gasteiger partial charge on any atom is 0.183 e. The van der Waals surface area contributed by atoms with Crippen molar-refractivity contribution in [1.29, 1.82) is 0 Å². The molecule has 0 aliphatic carbocycles. The number of fused-ring (bicyclic) bond motifs is 1. The van der Waals surface area contributed by atoms with Crippen molar-refractivity contribution in [3.63, 3.8) is 0 Å². The Balaban J connectivity index is 2.22. The lowest BCUT2D eigenvalue weighted by Crippen LogP contribution is -1.97. The number of nitrogens with zero attached hydrogens (tertiary/aromatic N) is 4. The maximum absolute atomic E-state index is 12.8. The lowest BCUT2D eigenvalue weighted by atomic mass is 10.3. The Hall–Kier alpha value is -2.30. The topological polar surface area (TPSA) is 43.6 Å². The minimum atomic E-state index is -0.277. The molecule has 2 aromatic heterocycles. The summed E-state index contributed by atoms with van der Waals surface area (Å²) in [7, 11) is 0. The van der Waals surface area contributed by atoms with Crippen LogP contribution in [0.2, 0.25) is 0 Å². The van der Waals surface area contributed by atoms with E-state index in [2.05, 4.69) is 15.3 Å². The summed E-state index contributed by atoms with van der Waals surface area (Å²) in [6.07, 6.45) is 1.67. The van der Waals surface area contributed by atoms with Crippen LogP contribution < -0.4 is 0 Å². The Bertz CT molecular complexity index is 630. The van der Waals surface area contributed by atoms with E-state index in [9.17, 15) is 4.39 Å². The van der Waals surface area contributed by atoms with Gasteiger partial charge in [-0.3, -0.25) is 0 Å². The summed E-state index contributed by atoms with van der Waals surface area (Å²) in [5.41, 5.74) is 2.11. The van der Waals surface area contributed by atoms with Crippen molar-refractivity contribution >= 4 is 11.2 Å². The van der Waals surface area contributed by atoms with Gasteiger partial charge in [0.05, 0.1) is 5.69 Å². The van der Waals surface area contributed by atoms with Crippen LogP contribution in [-0.4, -0.2) is 20.0 Å². The molecule has 0 bridgehead atoms. The Labute approximate surface area is 90.4 Å². The monoisotopic (exact) mass is 214 g/mol. The lowest BCUT2D eigenvalue weighted by molar-refractivity contribution is 0.627. The lowest BCUT2D eigenvalue weighted by Gasteiger charge is -2.00. The third-order valence-electron chi connectivity index (χ3n) is 2.28. The van der Waals surface area contributed by atoms with E-state index >= 15 is 0 Å². The van der Waals surface area contributed by atoms with Crippen molar-refractivity contribution in [3.05, 3.63) is 48.4 Å². The highest BCUT2D eigenvalue weighted by Crippen LogP contribution is 2.13. The standard InChI is InChI=1S/C11H7FN4/c12-8-3-5-9(6-4-8)16-11-10(14-15-16)2-1-7-13-11/h1-7H. The van der Waals surface area contributed by atoms with E-state index in [0.29, 0.717) is 11.2 Å². The first-order valence-electron chi connectivity index (χ1n) is 4.77. The molecule has 3 rings (SSSR count). The molecule has 0 saturated heterocycles. The highest BCUT2D eigenvalue weighted by atomic mass is 19.1. The van der Waals surface area contributed by atoms with Crippen molar-refractivity contribution in [1.82, 2.24) is 20.0 Å². The average molecular weight is 214 g/mol. The molecule has 0 atom stereocenters. The van der Waals surface area contributed by atoms with Gasteiger partial charge >= 0.3 is 0 Å². The van der Waals surface area contributed by atoms with Gasteiger partial charge in [0.15, 0.2) is 5.65 Å². The van der Waals surface area contributed by atoms with Gasteiger partial charge in [0.1, 0.15) is 11.3 Å². The average Bonchev–Trinajstić information content (AvgIpc) is 2.74. The normalized spacial score (nSPS) is 10.8. The van der Waals surface area contributed by atoms with Crippen molar-refractivity contribution in [2.24, 2.45) is 0 Å². The van der Waals surface area contributed by atoms with E-state index in [1.165, 1.54) is 12.1 Å². The number of hydrogen-bond acceptors (Lipinski definition) is 3. The van der Waals surface area contributed by atoms with Gasteiger partial charge in [-0.2, -0.15) is 4.68 Å². The van der Waals surface area contributed by atoms with Crippen LogP contribution >= 0.6 is 0 Å². The molecule has 0 saturated carbocycles. The molecule has 0 N–H and O–H groups in total. The van der Waals surface area contributed by atoms with Gasteiger partial charge in [0.25, 0.3) is 0 Å². The van der Waals surface area contributed by atoms with Crippen molar-refractivity contribution < 1.29 is 4.39 Å². The van der Waals surface area contributed by atoms with Gasteiger partial charge in [0, 0.05) is 6.20 Å². The molecule has 5 heteroatoms. The predicted molar refractivity (Wildman–Crippen MR) is 56.6 cm³/mol. The number of pyridine rings is 1. The largest absolute Gasteiger partial charge is 0.235 e. The summed E-state index contributed by atoms with van der Waals surface area (Å²) >= 11 is 0. The third-order valence-corrected chi connectivity index (χ3v) is 2.28. The minimum absolute atomic E-state index is 0.277. The van der Waals surface area contributed by atoms with E-state index < -0.39 is 0 Å². The van der Waals surface area contributed by atoms with Gasteiger partial charge in [0.2, 0.25) is 0 Å². The van der Waals surface area contributed by atoms with Crippen LogP contribution in [0.5, 0.6) is 0 Å². The molecule has 0 fully saturated rings. The second-order valence-corrected chi connectivity index (χ2v) is 3.32. The summed E-state index contributed by atoms with van der Waals surface area (Å²) in [5, 5.41) is 7.95. The number of benzene rings is 1. The number of hydrogen-bond donors (Lipinski definition) is 0. The first kappa shape index (κ1) is 8.96. The van der Waals surface area contributed by atoms with Crippen LogP contribution in [0.1, 0.15) is 0 Å².